The number of rotatable bonds is 5. The first-order valence-electron chi connectivity index (χ1n) is 7.19. The highest BCUT2D eigenvalue weighted by atomic mass is 15.3. The van der Waals surface area contributed by atoms with Crippen LogP contribution in [0.3, 0.4) is 0 Å². The molecule has 2 unspecified atom stereocenters. The molecule has 1 aliphatic carbocycles. The van der Waals surface area contributed by atoms with Gasteiger partial charge in [0.25, 0.3) is 0 Å². The summed E-state index contributed by atoms with van der Waals surface area (Å²) in [6.07, 6.45) is 8.36. The van der Waals surface area contributed by atoms with Crippen LogP contribution in [-0.4, -0.2) is 22.4 Å². The second kappa shape index (κ2) is 6.34. The molecular formula is C14H26N4. The molecule has 102 valence electrons. The molecule has 1 saturated carbocycles. The van der Waals surface area contributed by atoms with Crippen LogP contribution in [0.1, 0.15) is 43.9 Å². The van der Waals surface area contributed by atoms with Crippen LogP contribution in [0, 0.1) is 5.92 Å². The van der Waals surface area contributed by atoms with Crippen molar-refractivity contribution in [2.75, 3.05) is 6.54 Å². The topological polar surface area (TPSA) is 55.9 Å². The van der Waals surface area contributed by atoms with Crippen molar-refractivity contribution in [3.05, 3.63) is 17.5 Å². The summed E-state index contributed by atoms with van der Waals surface area (Å²) in [6.45, 7) is 3.90. The van der Waals surface area contributed by atoms with Crippen LogP contribution >= 0.6 is 0 Å². The molecule has 0 amide bonds. The maximum atomic E-state index is 5.87. The van der Waals surface area contributed by atoms with Crippen molar-refractivity contribution in [1.29, 1.82) is 0 Å². The van der Waals surface area contributed by atoms with E-state index in [0.29, 0.717) is 12.0 Å². The van der Waals surface area contributed by atoms with Crippen molar-refractivity contribution < 1.29 is 0 Å². The third-order valence-corrected chi connectivity index (χ3v) is 4.09. The summed E-state index contributed by atoms with van der Waals surface area (Å²) < 4.78 is 1.91. The first-order chi connectivity index (χ1) is 8.74. The van der Waals surface area contributed by atoms with Gasteiger partial charge in [-0.05, 0) is 31.7 Å². The van der Waals surface area contributed by atoms with Gasteiger partial charge in [0.05, 0.1) is 5.69 Å². The van der Waals surface area contributed by atoms with Gasteiger partial charge < -0.3 is 11.1 Å². The summed E-state index contributed by atoms with van der Waals surface area (Å²) in [5.41, 5.74) is 8.41. The molecule has 4 heteroatoms. The molecule has 0 radical (unpaired) electrons. The lowest BCUT2D eigenvalue weighted by Crippen LogP contribution is -2.41. The Bertz CT molecular complexity index is 372. The fraction of sp³-hybridized carbons (Fsp3) is 0.786. The molecule has 1 aromatic heterocycles. The molecule has 1 fully saturated rings. The molecular weight excluding hydrogens is 224 g/mol. The second-order valence-electron chi connectivity index (χ2n) is 5.40. The third kappa shape index (κ3) is 3.12. The Kier molecular flexibility index (Phi) is 4.78. The lowest BCUT2D eigenvalue weighted by Gasteiger charge is -2.31. The van der Waals surface area contributed by atoms with Crippen molar-refractivity contribution in [2.45, 2.75) is 51.6 Å². The first kappa shape index (κ1) is 13.6. The number of nitrogens with one attached hydrogen (secondary N) is 1. The number of nitrogens with two attached hydrogens (primary N) is 1. The van der Waals surface area contributed by atoms with Gasteiger partial charge in [-0.2, -0.15) is 5.10 Å². The van der Waals surface area contributed by atoms with E-state index in [4.69, 9.17) is 5.73 Å². The van der Waals surface area contributed by atoms with Crippen molar-refractivity contribution >= 4 is 0 Å². The highest BCUT2D eigenvalue weighted by Gasteiger charge is 2.23. The van der Waals surface area contributed by atoms with Gasteiger partial charge in [0, 0.05) is 31.4 Å². The van der Waals surface area contributed by atoms with E-state index >= 15 is 0 Å². The minimum Gasteiger partial charge on any atom is -0.330 e. The molecule has 2 atom stereocenters. The monoisotopic (exact) mass is 250 g/mol. The summed E-state index contributed by atoms with van der Waals surface area (Å²) in [7, 11) is 1.99. The van der Waals surface area contributed by atoms with Crippen molar-refractivity contribution in [3.63, 3.8) is 0 Å². The van der Waals surface area contributed by atoms with Gasteiger partial charge in [-0.15, -0.1) is 0 Å². The van der Waals surface area contributed by atoms with Gasteiger partial charge >= 0.3 is 0 Å². The maximum Gasteiger partial charge on any atom is 0.0666 e. The Hall–Kier alpha value is -0.870. The van der Waals surface area contributed by atoms with E-state index in [0.717, 1.165) is 19.5 Å². The lowest BCUT2D eigenvalue weighted by atomic mass is 9.84. The fourth-order valence-corrected chi connectivity index (χ4v) is 3.03. The van der Waals surface area contributed by atoms with Crippen molar-refractivity contribution in [1.82, 2.24) is 15.1 Å². The zero-order chi connectivity index (χ0) is 13.0. The summed E-state index contributed by atoms with van der Waals surface area (Å²) in [5, 5.41) is 8.18. The van der Waals surface area contributed by atoms with Crippen LogP contribution in [0.4, 0.5) is 0 Å². The first-order valence-corrected chi connectivity index (χ1v) is 7.19. The predicted octanol–water partition coefficient (Wildman–Crippen LogP) is 1.59. The standard InChI is InChI=1S/C14H26N4/c1-3-13-12(10-18(2)17-13)9-16-14-7-5-4-6-11(14)8-15/h10-11,14,16H,3-9,15H2,1-2H3. The fourth-order valence-electron chi connectivity index (χ4n) is 3.03. The van der Waals surface area contributed by atoms with Crippen LogP contribution in [0.2, 0.25) is 0 Å². The zero-order valence-corrected chi connectivity index (χ0v) is 11.7. The molecule has 0 saturated heterocycles. The largest absolute Gasteiger partial charge is 0.330 e. The van der Waals surface area contributed by atoms with Crippen LogP contribution in [-0.2, 0) is 20.0 Å². The third-order valence-electron chi connectivity index (χ3n) is 4.09. The van der Waals surface area contributed by atoms with Crippen LogP contribution in [0.25, 0.3) is 0 Å². The number of hydrogen-bond donors (Lipinski definition) is 2. The van der Waals surface area contributed by atoms with Gasteiger partial charge in [-0.1, -0.05) is 19.8 Å². The van der Waals surface area contributed by atoms with E-state index in [1.165, 1.54) is 36.9 Å². The minimum absolute atomic E-state index is 0.591. The van der Waals surface area contributed by atoms with Crippen LogP contribution < -0.4 is 11.1 Å². The average molecular weight is 250 g/mol. The Labute approximate surface area is 110 Å². The molecule has 4 nitrogen and oxygen atoms in total. The van der Waals surface area contributed by atoms with E-state index in [2.05, 4.69) is 23.5 Å². The molecule has 0 aromatic carbocycles. The zero-order valence-electron chi connectivity index (χ0n) is 11.7. The quantitative estimate of drug-likeness (QED) is 0.834. The highest BCUT2D eigenvalue weighted by Crippen LogP contribution is 2.24. The molecule has 1 aromatic rings. The van der Waals surface area contributed by atoms with Gasteiger partial charge in [-0.3, -0.25) is 4.68 Å². The SMILES string of the molecule is CCc1nn(C)cc1CNC1CCCCC1CN. The molecule has 1 heterocycles. The Morgan fingerprint density at radius 3 is 2.94 bits per heavy atom. The average Bonchev–Trinajstić information content (AvgIpc) is 2.77. The van der Waals surface area contributed by atoms with Gasteiger partial charge in [0.2, 0.25) is 0 Å². The predicted molar refractivity (Wildman–Crippen MR) is 74.2 cm³/mol. The van der Waals surface area contributed by atoms with Crippen LogP contribution in [0.15, 0.2) is 6.20 Å². The molecule has 1 aliphatic rings. The maximum absolute atomic E-state index is 5.87. The molecule has 0 spiro atoms. The number of aromatic nitrogens is 2. The molecule has 0 bridgehead atoms. The minimum atomic E-state index is 0.591. The molecule has 18 heavy (non-hydrogen) atoms. The van der Waals surface area contributed by atoms with E-state index in [1.54, 1.807) is 0 Å². The molecule has 3 N–H and O–H groups in total. The molecule has 0 aliphatic heterocycles. The van der Waals surface area contributed by atoms with Crippen LogP contribution in [0.5, 0.6) is 0 Å². The Morgan fingerprint density at radius 1 is 1.44 bits per heavy atom. The molecule has 2 rings (SSSR count). The van der Waals surface area contributed by atoms with E-state index in [-0.39, 0.29) is 0 Å². The second-order valence-corrected chi connectivity index (χ2v) is 5.40. The highest BCUT2D eigenvalue weighted by molar-refractivity contribution is 5.16. The van der Waals surface area contributed by atoms with Gasteiger partial charge in [-0.25, -0.2) is 0 Å². The number of aryl methyl sites for hydroxylation is 2. The summed E-state index contributed by atoms with van der Waals surface area (Å²) in [6, 6.07) is 0.591. The van der Waals surface area contributed by atoms with E-state index in [9.17, 15) is 0 Å². The van der Waals surface area contributed by atoms with Gasteiger partial charge in [0.1, 0.15) is 0 Å². The summed E-state index contributed by atoms with van der Waals surface area (Å²) >= 11 is 0. The number of hydrogen-bond acceptors (Lipinski definition) is 3. The Balaban J connectivity index is 1.93. The summed E-state index contributed by atoms with van der Waals surface area (Å²) in [4.78, 5) is 0. The number of nitrogens with zero attached hydrogens (tertiary/aromatic N) is 2. The van der Waals surface area contributed by atoms with E-state index in [1.807, 2.05) is 11.7 Å². The summed E-state index contributed by atoms with van der Waals surface area (Å²) in [5.74, 6) is 0.653. The normalized spacial score (nSPS) is 24.4. The van der Waals surface area contributed by atoms with Gasteiger partial charge in [0.15, 0.2) is 0 Å². The van der Waals surface area contributed by atoms with Crippen molar-refractivity contribution in [3.8, 4) is 0 Å². The Morgan fingerprint density at radius 2 is 2.22 bits per heavy atom. The van der Waals surface area contributed by atoms with E-state index < -0.39 is 0 Å². The lowest BCUT2D eigenvalue weighted by molar-refractivity contribution is 0.266. The van der Waals surface area contributed by atoms with Crippen molar-refractivity contribution in [2.24, 2.45) is 18.7 Å². The smallest absolute Gasteiger partial charge is 0.0666 e.